The van der Waals surface area contributed by atoms with E-state index in [2.05, 4.69) is 10.3 Å². The number of nitrogens with two attached hydrogens (primary N) is 1. The summed E-state index contributed by atoms with van der Waals surface area (Å²) in [5.74, 6) is 0.313. The molecular formula is C20H22N4O6. The summed E-state index contributed by atoms with van der Waals surface area (Å²) in [5, 5.41) is 2.73. The van der Waals surface area contributed by atoms with E-state index in [4.69, 9.17) is 19.9 Å². The molecule has 1 aromatic heterocycles. The van der Waals surface area contributed by atoms with Crippen molar-refractivity contribution in [2.45, 2.75) is 19.2 Å². The van der Waals surface area contributed by atoms with Gasteiger partial charge in [0.15, 0.2) is 11.5 Å². The first-order valence-corrected chi connectivity index (χ1v) is 9.52. The lowest BCUT2D eigenvalue weighted by atomic mass is 10.2. The summed E-state index contributed by atoms with van der Waals surface area (Å²) < 4.78 is 15.9. The van der Waals surface area contributed by atoms with Crippen LogP contribution in [0.25, 0.3) is 0 Å². The number of primary amides is 1. The molecule has 1 fully saturated rings. The highest BCUT2D eigenvalue weighted by molar-refractivity contribution is 5.93. The fourth-order valence-corrected chi connectivity index (χ4v) is 3.37. The Labute approximate surface area is 171 Å². The number of pyridine rings is 1. The predicted molar refractivity (Wildman–Crippen MR) is 105 cm³/mol. The highest BCUT2D eigenvalue weighted by Gasteiger charge is 2.25. The lowest BCUT2D eigenvalue weighted by Gasteiger charge is -2.31. The van der Waals surface area contributed by atoms with Crippen LogP contribution in [0.3, 0.4) is 0 Å². The molecule has 1 saturated heterocycles. The van der Waals surface area contributed by atoms with Crippen LogP contribution < -0.4 is 26.1 Å². The Morgan fingerprint density at radius 1 is 1.20 bits per heavy atom. The molecule has 4 N–H and O–H groups in total. The van der Waals surface area contributed by atoms with Crippen LogP contribution in [0.5, 0.6) is 11.5 Å². The molecule has 2 aliphatic rings. The number of hydrogen-bond acceptors (Lipinski definition) is 7. The summed E-state index contributed by atoms with van der Waals surface area (Å²) in [4.78, 5) is 40.8. The Balaban J connectivity index is 1.36. The third kappa shape index (κ3) is 4.44. The van der Waals surface area contributed by atoms with Crippen molar-refractivity contribution in [1.82, 2.24) is 15.2 Å². The Hall–Kier alpha value is -3.37. The van der Waals surface area contributed by atoms with Crippen molar-refractivity contribution >= 4 is 11.8 Å². The van der Waals surface area contributed by atoms with Gasteiger partial charge in [0, 0.05) is 31.9 Å². The molecule has 3 heterocycles. The zero-order valence-electron chi connectivity index (χ0n) is 16.2. The van der Waals surface area contributed by atoms with Crippen molar-refractivity contribution in [1.29, 1.82) is 0 Å². The second-order valence-corrected chi connectivity index (χ2v) is 7.09. The van der Waals surface area contributed by atoms with Gasteiger partial charge in [-0.15, -0.1) is 0 Å². The van der Waals surface area contributed by atoms with E-state index in [0.717, 1.165) is 5.56 Å². The molecule has 0 radical (unpaired) electrons. The smallest absolute Gasteiger partial charge is 0.261 e. The van der Waals surface area contributed by atoms with Gasteiger partial charge in [-0.3, -0.25) is 19.3 Å². The molecule has 158 valence electrons. The Morgan fingerprint density at radius 2 is 2.03 bits per heavy atom. The summed E-state index contributed by atoms with van der Waals surface area (Å²) >= 11 is 0. The van der Waals surface area contributed by atoms with E-state index >= 15 is 0 Å². The maximum absolute atomic E-state index is 12.4. The average molecular weight is 414 g/mol. The maximum Gasteiger partial charge on any atom is 0.261 e. The normalized spacial score (nSPS) is 18.2. The first kappa shape index (κ1) is 19.9. The molecule has 2 aromatic rings. The van der Waals surface area contributed by atoms with Crippen LogP contribution in [-0.2, 0) is 22.6 Å². The van der Waals surface area contributed by atoms with Crippen LogP contribution in [-0.4, -0.2) is 54.3 Å². The number of carbonyl (C=O) groups excluding carboxylic acids is 2. The van der Waals surface area contributed by atoms with Crippen LogP contribution in [0.2, 0.25) is 0 Å². The zero-order chi connectivity index (χ0) is 21.1. The molecule has 0 aliphatic carbocycles. The van der Waals surface area contributed by atoms with Crippen molar-refractivity contribution in [3.63, 3.8) is 0 Å². The van der Waals surface area contributed by atoms with Crippen LogP contribution in [0, 0.1) is 0 Å². The van der Waals surface area contributed by atoms with Gasteiger partial charge in [-0.2, -0.15) is 0 Å². The van der Waals surface area contributed by atoms with Crippen molar-refractivity contribution in [2.24, 2.45) is 5.73 Å². The number of hydrogen-bond donors (Lipinski definition) is 3. The average Bonchev–Trinajstić information content (AvgIpc) is 3.20. The van der Waals surface area contributed by atoms with Crippen molar-refractivity contribution < 1.29 is 23.8 Å². The van der Waals surface area contributed by atoms with Crippen molar-refractivity contribution in [3.8, 4) is 11.5 Å². The van der Waals surface area contributed by atoms with E-state index in [0.29, 0.717) is 43.4 Å². The summed E-state index contributed by atoms with van der Waals surface area (Å²) in [6.07, 6.45) is -0.660. The van der Waals surface area contributed by atoms with Gasteiger partial charge < -0.3 is 30.2 Å². The molecule has 1 atom stereocenters. The maximum atomic E-state index is 12.4. The molecule has 0 unspecified atom stereocenters. The van der Waals surface area contributed by atoms with Crippen LogP contribution in [0.1, 0.15) is 21.6 Å². The Morgan fingerprint density at radius 3 is 2.83 bits per heavy atom. The lowest BCUT2D eigenvalue weighted by molar-refractivity contribution is -0.135. The molecule has 0 bridgehead atoms. The molecule has 30 heavy (non-hydrogen) atoms. The first-order chi connectivity index (χ1) is 14.5. The Kier molecular flexibility index (Phi) is 5.68. The van der Waals surface area contributed by atoms with Gasteiger partial charge in [0.2, 0.25) is 12.7 Å². The number of aromatic amines is 1. The van der Waals surface area contributed by atoms with Gasteiger partial charge in [-0.05, 0) is 29.8 Å². The number of aromatic nitrogens is 1. The number of rotatable bonds is 6. The number of morpholine rings is 1. The molecule has 0 saturated carbocycles. The van der Waals surface area contributed by atoms with Crippen LogP contribution in [0.4, 0.5) is 0 Å². The van der Waals surface area contributed by atoms with E-state index in [1.54, 1.807) is 18.2 Å². The summed E-state index contributed by atoms with van der Waals surface area (Å²) in [6.45, 7) is 2.21. The van der Waals surface area contributed by atoms with Crippen LogP contribution >= 0.6 is 0 Å². The largest absolute Gasteiger partial charge is 0.454 e. The van der Waals surface area contributed by atoms with Gasteiger partial charge >= 0.3 is 0 Å². The number of fused-ring (bicyclic) bond motifs is 1. The third-order valence-corrected chi connectivity index (χ3v) is 4.97. The summed E-state index contributed by atoms with van der Waals surface area (Å²) in [5.41, 5.74) is 6.31. The molecular weight excluding hydrogens is 392 g/mol. The monoisotopic (exact) mass is 414 g/mol. The predicted octanol–water partition coefficient (Wildman–Crippen LogP) is -0.280. The van der Waals surface area contributed by atoms with Crippen molar-refractivity contribution in [3.05, 3.63) is 57.5 Å². The van der Waals surface area contributed by atoms with E-state index in [-0.39, 0.29) is 18.9 Å². The zero-order valence-corrected chi connectivity index (χ0v) is 16.2. The minimum absolute atomic E-state index is 0.0245. The van der Waals surface area contributed by atoms with Crippen LogP contribution in [0.15, 0.2) is 35.1 Å². The number of ether oxygens (including phenoxy) is 3. The van der Waals surface area contributed by atoms with E-state index in [1.807, 2.05) is 11.0 Å². The lowest BCUT2D eigenvalue weighted by Crippen LogP contribution is -2.48. The van der Waals surface area contributed by atoms with Gasteiger partial charge in [-0.25, -0.2) is 0 Å². The summed E-state index contributed by atoms with van der Waals surface area (Å²) in [6, 6.07) is 8.57. The van der Waals surface area contributed by atoms with Gasteiger partial charge in [-0.1, -0.05) is 6.07 Å². The molecule has 2 amide bonds. The highest BCUT2D eigenvalue weighted by atomic mass is 16.7. The molecule has 10 nitrogen and oxygen atoms in total. The fraction of sp³-hybridized carbons (Fsp3) is 0.350. The molecule has 10 heteroatoms. The number of nitrogens with one attached hydrogen (secondary N) is 2. The number of amides is 2. The molecule has 0 spiro atoms. The second-order valence-electron chi connectivity index (χ2n) is 7.09. The fourth-order valence-electron chi connectivity index (χ4n) is 3.37. The highest BCUT2D eigenvalue weighted by Crippen LogP contribution is 2.32. The second kappa shape index (κ2) is 8.56. The number of nitrogens with zero attached hydrogens (tertiary/aromatic N) is 1. The standard InChI is InChI=1S/C20H22N4O6/c21-18(25)17-10-24(5-6-28-17)9-13-2-3-14(20(27)23-13)19(26)22-8-12-1-4-15-16(7-12)30-11-29-15/h1-4,7,17H,5-6,8-11H2,(H2,21,25)(H,22,26)(H,23,27)/t17-/m0/s1. The number of carbonyl (C=O) groups is 2. The minimum atomic E-state index is -0.660. The quantitative estimate of drug-likeness (QED) is 0.591. The number of benzene rings is 1. The molecule has 2 aliphatic heterocycles. The Bertz CT molecular complexity index is 1020. The third-order valence-electron chi connectivity index (χ3n) is 4.97. The van der Waals surface area contributed by atoms with Gasteiger partial charge in [0.05, 0.1) is 6.61 Å². The van der Waals surface area contributed by atoms with Crippen molar-refractivity contribution in [2.75, 3.05) is 26.5 Å². The van der Waals surface area contributed by atoms with E-state index in [9.17, 15) is 14.4 Å². The first-order valence-electron chi connectivity index (χ1n) is 9.52. The van der Waals surface area contributed by atoms with E-state index < -0.39 is 23.5 Å². The minimum Gasteiger partial charge on any atom is -0.454 e. The van der Waals surface area contributed by atoms with Gasteiger partial charge in [0.1, 0.15) is 11.7 Å². The summed E-state index contributed by atoms with van der Waals surface area (Å²) in [7, 11) is 0. The molecule has 1 aromatic carbocycles. The van der Waals surface area contributed by atoms with E-state index in [1.165, 1.54) is 6.07 Å². The topological polar surface area (TPSA) is 136 Å². The van der Waals surface area contributed by atoms with Gasteiger partial charge in [0.25, 0.3) is 11.5 Å². The number of H-pyrrole nitrogens is 1. The SMILES string of the molecule is NC(=O)[C@@H]1CN(Cc2ccc(C(=O)NCc3ccc4c(c3)OCO4)c(=O)[nH]2)CCO1. The molecule has 4 rings (SSSR count).